The molecule has 3 aromatic rings. The molecular formula is C17H14FN3O2. The van der Waals surface area contributed by atoms with Gasteiger partial charge in [0.05, 0.1) is 17.2 Å². The van der Waals surface area contributed by atoms with Crippen molar-refractivity contribution in [1.82, 2.24) is 9.55 Å². The fourth-order valence-corrected chi connectivity index (χ4v) is 2.30. The average molecular weight is 311 g/mol. The molecule has 0 fully saturated rings. The van der Waals surface area contributed by atoms with Crippen LogP contribution in [0.25, 0.3) is 10.9 Å². The van der Waals surface area contributed by atoms with E-state index < -0.39 is 17.8 Å². The van der Waals surface area contributed by atoms with Crippen molar-refractivity contribution in [3.8, 4) is 0 Å². The second-order valence-corrected chi connectivity index (χ2v) is 5.15. The first-order valence-electron chi connectivity index (χ1n) is 7.08. The normalized spacial score (nSPS) is 12.1. The molecule has 0 saturated heterocycles. The van der Waals surface area contributed by atoms with Crippen LogP contribution in [0.3, 0.4) is 0 Å². The topological polar surface area (TPSA) is 64.0 Å². The Labute approximate surface area is 131 Å². The summed E-state index contributed by atoms with van der Waals surface area (Å²) in [6.45, 7) is 1.59. The summed E-state index contributed by atoms with van der Waals surface area (Å²) in [6, 6.07) is 11.7. The van der Waals surface area contributed by atoms with Gasteiger partial charge in [-0.25, -0.2) is 9.37 Å². The standard InChI is InChI=1S/C17H14FN3O2/c1-11(16(22)20-13-6-4-5-12(18)9-13)21-10-19-15-8-3-2-7-14(15)17(21)23/h2-11H,1H3,(H,20,22)/t11-/m0/s1. The number of rotatable bonds is 3. The Hall–Kier alpha value is -3.02. The summed E-state index contributed by atoms with van der Waals surface area (Å²) < 4.78 is 14.4. The van der Waals surface area contributed by atoms with Crippen molar-refractivity contribution < 1.29 is 9.18 Å². The van der Waals surface area contributed by atoms with Crippen molar-refractivity contribution in [2.75, 3.05) is 5.32 Å². The van der Waals surface area contributed by atoms with Gasteiger partial charge < -0.3 is 5.32 Å². The van der Waals surface area contributed by atoms with Gasteiger partial charge in [-0.05, 0) is 37.3 Å². The van der Waals surface area contributed by atoms with E-state index in [0.29, 0.717) is 16.6 Å². The van der Waals surface area contributed by atoms with E-state index in [1.54, 1.807) is 37.3 Å². The van der Waals surface area contributed by atoms with Crippen molar-refractivity contribution in [1.29, 1.82) is 0 Å². The van der Waals surface area contributed by atoms with E-state index in [0.717, 1.165) is 0 Å². The quantitative estimate of drug-likeness (QED) is 0.809. The lowest BCUT2D eigenvalue weighted by Gasteiger charge is -2.15. The van der Waals surface area contributed by atoms with Crippen LogP contribution < -0.4 is 10.9 Å². The van der Waals surface area contributed by atoms with Crippen molar-refractivity contribution in [2.45, 2.75) is 13.0 Å². The summed E-state index contributed by atoms with van der Waals surface area (Å²) in [7, 11) is 0. The third kappa shape index (κ3) is 2.96. The minimum atomic E-state index is -0.775. The number of anilines is 1. The number of nitrogens with one attached hydrogen (secondary N) is 1. The van der Waals surface area contributed by atoms with Crippen molar-refractivity contribution in [3.05, 3.63) is 71.0 Å². The van der Waals surface area contributed by atoms with Crippen LogP contribution in [0.1, 0.15) is 13.0 Å². The summed E-state index contributed by atoms with van der Waals surface area (Å²) >= 11 is 0. The van der Waals surface area contributed by atoms with Crippen LogP contribution in [0, 0.1) is 5.82 Å². The predicted molar refractivity (Wildman–Crippen MR) is 85.7 cm³/mol. The highest BCUT2D eigenvalue weighted by atomic mass is 19.1. The SMILES string of the molecule is C[C@@H](C(=O)Nc1cccc(F)c1)n1cnc2ccccc2c1=O. The lowest BCUT2D eigenvalue weighted by atomic mass is 10.2. The number of halogens is 1. The number of carbonyl (C=O) groups is 1. The minimum Gasteiger partial charge on any atom is -0.324 e. The molecule has 5 nitrogen and oxygen atoms in total. The average Bonchev–Trinajstić information content (AvgIpc) is 2.55. The number of benzene rings is 2. The number of carbonyl (C=O) groups excluding carboxylic acids is 1. The Balaban J connectivity index is 1.90. The van der Waals surface area contributed by atoms with Gasteiger partial charge in [0.15, 0.2) is 0 Å². The number of aromatic nitrogens is 2. The molecule has 1 amide bonds. The molecule has 3 rings (SSSR count). The van der Waals surface area contributed by atoms with E-state index in [1.165, 1.54) is 29.1 Å². The van der Waals surface area contributed by atoms with Crippen LogP contribution in [0.4, 0.5) is 10.1 Å². The number of hydrogen-bond acceptors (Lipinski definition) is 3. The van der Waals surface area contributed by atoms with E-state index in [9.17, 15) is 14.0 Å². The number of fused-ring (bicyclic) bond motifs is 1. The van der Waals surface area contributed by atoms with Crippen LogP contribution in [-0.2, 0) is 4.79 Å². The first kappa shape index (κ1) is 14.9. The van der Waals surface area contributed by atoms with Crippen molar-refractivity contribution >= 4 is 22.5 Å². The largest absolute Gasteiger partial charge is 0.324 e. The van der Waals surface area contributed by atoms with Gasteiger partial charge in [-0.3, -0.25) is 14.2 Å². The highest BCUT2D eigenvalue weighted by Gasteiger charge is 2.17. The lowest BCUT2D eigenvalue weighted by molar-refractivity contribution is -0.118. The van der Waals surface area contributed by atoms with Crippen LogP contribution in [0.2, 0.25) is 0 Å². The molecule has 1 atom stereocenters. The third-order valence-corrected chi connectivity index (χ3v) is 3.58. The first-order valence-corrected chi connectivity index (χ1v) is 7.08. The van der Waals surface area contributed by atoms with Gasteiger partial charge in [0, 0.05) is 5.69 Å². The Morgan fingerprint density at radius 2 is 2.00 bits per heavy atom. The second kappa shape index (κ2) is 6.00. The van der Waals surface area contributed by atoms with Gasteiger partial charge in [-0.2, -0.15) is 0 Å². The molecule has 6 heteroatoms. The Morgan fingerprint density at radius 3 is 2.78 bits per heavy atom. The van der Waals surface area contributed by atoms with Crippen molar-refractivity contribution in [2.24, 2.45) is 0 Å². The molecular weight excluding hydrogens is 297 g/mol. The molecule has 0 unspecified atom stereocenters. The van der Waals surface area contributed by atoms with Gasteiger partial charge in [-0.1, -0.05) is 18.2 Å². The zero-order valence-corrected chi connectivity index (χ0v) is 12.4. The van der Waals surface area contributed by atoms with E-state index >= 15 is 0 Å². The zero-order valence-electron chi connectivity index (χ0n) is 12.4. The van der Waals surface area contributed by atoms with Crippen LogP contribution >= 0.6 is 0 Å². The molecule has 23 heavy (non-hydrogen) atoms. The first-order chi connectivity index (χ1) is 11.1. The van der Waals surface area contributed by atoms with E-state index in [4.69, 9.17) is 0 Å². The van der Waals surface area contributed by atoms with Crippen LogP contribution in [0.5, 0.6) is 0 Å². The number of nitrogens with zero attached hydrogens (tertiary/aromatic N) is 2. The molecule has 0 aliphatic carbocycles. The molecule has 0 aliphatic heterocycles. The predicted octanol–water partition coefficient (Wildman–Crippen LogP) is 2.74. The van der Waals surface area contributed by atoms with Gasteiger partial charge in [-0.15, -0.1) is 0 Å². The molecule has 116 valence electrons. The summed E-state index contributed by atoms with van der Waals surface area (Å²) in [5.41, 5.74) is 0.618. The lowest BCUT2D eigenvalue weighted by Crippen LogP contribution is -2.31. The van der Waals surface area contributed by atoms with Crippen LogP contribution in [-0.4, -0.2) is 15.5 Å². The number of para-hydroxylation sites is 1. The molecule has 0 spiro atoms. The molecule has 2 aromatic carbocycles. The molecule has 1 aromatic heterocycles. The second-order valence-electron chi connectivity index (χ2n) is 5.15. The molecule has 0 bridgehead atoms. The maximum absolute atomic E-state index is 13.2. The van der Waals surface area contributed by atoms with E-state index in [2.05, 4.69) is 10.3 Å². The molecule has 0 radical (unpaired) electrons. The molecule has 0 saturated carbocycles. The van der Waals surface area contributed by atoms with E-state index in [-0.39, 0.29) is 5.56 Å². The summed E-state index contributed by atoms with van der Waals surface area (Å²) in [5, 5.41) is 3.03. The summed E-state index contributed by atoms with van der Waals surface area (Å²) in [6.07, 6.45) is 1.35. The maximum Gasteiger partial charge on any atom is 0.261 e. The van der Waals surface area contributed by atoms with Gasteiger partial charge in [0.1, 0.15) is 11.9 Å². The molecule has 1 N–H and O–H groups in total. The summed E-state index contributed by atoms with van der Waals surface area (Å²) in [5.74, 6) is -0.866. The minimum absolute atomic E-state index is 0.294. The third-order valence-electron chi connectivity index (χ3n) is 3.58. The monoisotopic (exact) mass is 311 g/mol. The summed E-state index contributed by atoms with van der Waals surface area (Å²) in [4.78, 5) is 28.9. The Kier molecular flexibility index (Phi) is 3.89. The molecule has 0 aliphatic rings. The number of amides is 1. The number of hydrogen-bond donors (Lipinski definition) is 1. The van der Waals surface area contributed by atoms with Crippen LogP contribution in [0.15, 0.2) is 59.7 Å². The highest BCUT2D eigenvalue weighted by Crippen LogP contribution is 2.13. The zero-order chi connectivity index (χ0) is 16.4. The highest BCUT2D eigenvalue weighted by molar-refractivity contribution is 5.93. The Morgan fingerprint density at radius 1 is 1.22 bits per heavy atom. The Bertz CT molecular complexity index is 936. The van der Waals surface area contributed by atoms with Gasteiger partial charge >= 0.3 is 0 Å². The molecule has 1 heterocycles. The van der Waals surface area contributed by atoms with Crippen molar-refractivity contribution in [3.63, 3.8) is 0 Å². The van der Waals surface area contributed by atoms with Gasteiger partial charge in [0.2, 0.25) is 5.91 Å². The van der Waals surface area contributed by atoms with Gasteiger partial charge in [0.25, 0.3) is 5.56 Å². The smallest absolute Gasteiger partial charge is 0.261 e. The maximum atomic E-state index is 13.2. The fraction of sp³-hybridized carbons (Fsp3) is 0.118. The fourth-order valence-electron chi connectivity index (χ4n) is 2.30. The van der Waals surface area contributed by atoms with E-state index in [1.807, 2.05) is 0 Å².